The highest BCUT2D eigenvalue weighted by molar-refractivity contribution is 9.10. The number of non-ortho nitro benzene ring substituents is 1. The molecule has 0 saturated carbocycles. The fourth-order valence-corrected chi connectivity index (χ4v) is 3.33. The first-order valence-corrected chi connectivity index (χ1v) is 9.65. The van der Waals surface area contributed by atoms with Crippen LogP contribution in [0.1, 0.15) is 0 Å². The molecular formula is C21H14BrN5O3. The lowest BCUT2D eigenvalue weighted by Gasteiger charge is -2.01. The van der Waals surface area contributed by atoms with Crippen molar-refractivity contribution in [2.45, 2.75) is 0 Å². The van der Waals surface area contributed by atoms with Crippen molar-refractivity contribution in [2.24, 2.45) is 10.2 Å². The van der Waals surface area contributed by atoms with E-state index in [2.05, 4.69) is 31.3 Å². The number of hydrogen-bond donors (Lipinski definition) is 1. The Bertz CT molecular complexity index is 1300. The number of nitro groups is 1. The lowest BCUT2D eigenvalue weighted by molar-refractivity contribution is -0.384. The molecule has 0 aliphatic rings. The van der Waals surface area contributed by atoms with Crippen LogP contribution in [0, 0.1) is 10.1 Å². The van der Waals surface area contributed by atoms with Crippen molar-refractivity contribution >= 4 is 33.0 Å². The van der Waals surface area contributed by atoms with Gasteiger partial charge in [-0.25, -0.2) is 4.68 Å². The van der Waals surface area contributed by atoms with E-state index >= 15 is 0 Å². The van der Waals surface area contributed by atoms with Gasteiger partial charge in [-0.1, -0.05) is 48.5 Å². The van der Waals surface area contributed by atoms with Crippen molar-refractivity contribution in [1.29, 1.82) is 0 Å². The first-order chi connectivity index (χ1) is 14.5. The van der Waals surface area contributed by atoms with Crippen molar-refractivity contribution in [1.82, 2.24) is 9.78 Å². The van der Waals surface area contributed by atoms with Crippen LogP contribution in [-0.2, 0) is 0 Å². The number of para-hydroxylation sites is 1. The number of benzene rings is 3. The van der Waals surface area contributed by atoms with Crippen LogP contribution >= 0.6 is 15.9 Å². The highest BCUT2D eigenvalue weighted by Gasteiger charge is 2.17. The lowest BCUT2D eigenvalue weighted by Crippen LogP contribution is -2.13. The first-order valence-electron chi connectivity index (χ1n) is 8.86. The molecule has 0 atom stereocenters. The summed E-state index contributed by atoms with van der Waals surface area (Å²) in [4.78, 5) is 23.5. The smallest absolute Gasteiger partial charge is 0.288 e. The second-order valence-electron chi connectivity index (χ2n) is 6.27. The molecule has 1 aromatic heterocycles. The zero-order valence-corrected chi connectivity index (χ0v) is 17.0. The Morgan fingerprint density at radius 1 is 0.933 bits per heavy atom. The molecule has 0 bridgehead atoms. The molecular weight excluding hydrogens is 450 g/mol. The van der Waals surface area contributed by atoms with Gasteiger partial charge in [-0.15, -0.1) is 10.2 Å². The molecule has 0 radical (unpaired) electrons. The Morgan fingerprint density at radius 2 is 1.60 bits per heavy atom. The lowest BCUT2D eigenvalue weighted by atomic mass is 10.1. The van der Waals surface area contributed by atoms with Gasteiger partial charge in [-0.2, -0.15) is 0 Å². The minimum Gasteiger partial charge on any atom is -0.288 e. The molecule has 0 spiro atoms. The summed E-state index contributed by atoms with van der Waals surface area (Å²) in [6, 6.07) is 22.6. The van der Waals surface area contributed by atoms with Gasteiger partial charge in [0.2, 0.25) is 0 Å². The van der Waals surface area contributed by atoms with Crippen LogP contribution in [0.4, 0.5) is 17.1 Å². The number of aromatic amines is 1. The third-order valence-corrected chi connectivity index (χ3v) is 4.98. The van der Waals surface area contributed by atoms with Gasteiger partial charge in [0, 0.05) is 17.7 Å². The van der Waals surface area contributed by atoms with Crippen molar-refractivity contribution in [3.8, 4) is 16.9 Å². The molecule has 1 N–H and O–H groups in total. The van der Waals surface area contributed by atoms with E-state index in [1.165, 1.54) is 22.9 Å². The molecule has 9 heteroatoms. The van der Waals surface area contributed by atoms with E-state index in [9.17, 15) is 14.9 Å². The summed E-state index contributed by atoms with van der Waals surface area (Å²) >= 11 is 3.26. The zero-order chi connectivity index (χ0) is 21.1. The quantitative estimate of drug-likeness (QED) is 0.225. The summed E-state index contributed by atoms with van der Waals surface area (Å²) in [6.07, 6.45) is 0. The standard InChI is InChI=1S/C21H14BrN5O3/c22-17-13-16(27(29)30)11-12-18(17)23-24-20-19(14-7-3-1-4-8-14)25-26(21(20)28)15-9-5-2-6-10-15/h1-13,25H. The molecule has 0 unspecified atom stereocenters. The van der Waals surface area contributed by atoms with E-state index in [4.69, 9.17) is 0 Å². The second-order valence-corrected chi connectivity index (χ2v) is 7.12. The number of nitro benzene ring substituents is 1. The molecule has 30 heavy (non-hydrogen) atoms. The maximum Gasteiger partial charge on any atom is 0.299 e. The van der Waals surface area contributed by atoms with Crippen LogP contribution in [-0.4, -0.2) is 14.7 Å². The summed E-state index contributed by atoms with van der Waals surface area (Å²) in [7, 11) is 0. The topological polar surface area (TPSA) is 106 Å². The Balaban J connectivity index is 1.83. The Hall–Kier alpha value is -3.85. The van der Waals surface area contributed by atoms with Crippen molar-refractivity contribution in [3.05, 3.63) is 104 Å². The van der Waals surface area contributed by atoms with Crippen LogP contribution in [0.2, 0.25) is 0 Å². The number of nitrogens with one attached hydrogen (secondary N) is 1. The summed E-state index contributed by atoms with van der Waals surface area (Å²) in [5.41, 5.74) is 2.03. The van der Waals surface area contributed by atoms with Crippen LogP contribution in [0.5, 0.6) is 0 Å². The molecule has 0 saturated heterocycles. The Kier molecular flexibility index (Phi) is 5.36. The second kappa shape index (κ2) is 8.26. The molecule has 148 valence electrons. The largest absolute Gasteiger partial charge is 0.299 e. The summed E-state index contributed by atoms with van der Waals surface area (Å²) in [6.45, 7) is 0. The van der Waals surface area contributed by atoms with Gasteiger partial charge in [-0.3, -0.25) is 20.0 Å². The third kappa shape index (κ3) is 3.83. The van der Waals surface area contributed by atoms with Crippen LogP contribution in [0.15, 0.2) is 98.4 Å². The molecule has 4 rings (SSSR count). The molecule has 1 heterocycles. The predicted molar refractivity (Wildman–Crippen MR) is 117 cm³/mol. The van der Waals surface area contributed by atoms with E-state index in [-0.39, 0.29) is 16.9 Å². The number of aromatic nitrogens is 2. The van der Waals surface area contributed by atoms with E-state index in [0.29, 0.717) is 21.5 Å². The van der Waals surface area contributed by atoms with Crippen LogP contribution < -0.4 is 5.56 Å². The normalized spacial score (nSPS) is 11.1. The Labute approximate surface area is 178 Å². The number of halogens is 1. The van der Waals surface area contributed by atoms with Crippen LogP contribution in [0.25, 0.3) is 16.9 Å². The maximum absolute atomic E-state index is 13.1. The average Bonchev–Trinajstić information content (AvgIpc) is 3.10. The first kappa shape index (κ1) is 19.5. The van der Waals surface area contributed by atoms with Crippen molar-refractivity contribution in [2.75, 3.05) is 0 Å². The molecule has 0 fully saturated rings. The minimum atomic E-state index is -0.496. The molecule has 0 aliphatic heterocycles. The van der Waals surface area contributed by atoms with Crippen molar-refractivity contribution < 1.29 is 4.92 Å². The predicted octanol–water partition coefficient (Wildman–Crippen LogP) is 5.92. The molecule has 0 amide bonds. The highest BCUT2D eigenvalue weighted by atomic mass is 79.9. The van der Waals surface area contributed by atoms with E-state index in [1.54, 1.807) is 12.1 Å². The summed E-state index contributed by atoms with van der Waals surface area (Å²) < 4.78 is 1.81. The van der Waals surface area contributed by atoms with E-state index < -0.39 is 4.92 Å². The number of H-pyrrole nitrogens is 1. The molecule has 0 aliphatic carbocycles. The maximum atomic E-state index is 13.1. The highest BCUT2D eigenvalue weighted by Crippen LogP contribution is 2.32. The van der Waals surface area contributed by atoms with E-state index in [1.807, 2.05) is 48.5 Å². The van der Waals surface area contributed by atoms with Gasteiger partial charge in [-0.05, 0) is 34.1 Å². The van der Waals surface area contributed by atoms with Gasteiger partial charge in [0.25, 0.3) is 11.2 Å². The van der Waals surface area contributed by atoms with Gasteiger partial charge in [0.15, 0.2) is 5.69 Å². The fraction of sp³-hybridized carbons (Fsp3) is 0. The molecule has 8 nitrogen and oxygen atoms in total. The zero-order valence-electron chi connectivity index (χ0n) is 15.4. The van der Waals surface area contributed by atoms with Gasteiger partial charge >= 0.3 is 0 Å². The SMILES string of the molecule is O=c1c(N=Nc2ccc([N+](=O)[O-])cc2Br)c(-c2ccccc2)[nH]n1-c1ccccc1. The molecule has 4 aromatic rings. The summed E-state index contributed by atoms with van der Waals surface area (Å²) in [5.74, 6) is 0. The van der Waals surface area contributed by atoms with Gasteiger partial charge in [0.1, 0.15) is 5.69 Å². The average molecular weight is 464 g/mol. The molecule has 3 aromatic carbocycles. The van der Waals surface area contributed by atoms with Crippen molar-refractivity contribution in [3.63, 3.8) is 0 Å². The number of azo groups is 1. The number of rotatable bonds is 5. The summed E-state index contributed by atoms with van der Waals surface area (Å²) in [5, 5.41) is 22.4. The van der Waals surface area contributed by atoms with E-state index in [0.717, 1.165) is 5.56 Å². The van der Waals surface area contributed by atoms with Gasteiger partial charge in [0.05, 0.1) is 20.8 Å². The Morgan fingerprint density at radius 3 is 2.23 bits per heavy atom. The fourth-order valence-electron chi connectivity index (χ4n) is 2.88. The number of nitrogens with zero attached hydrogens (tertiary/aromatic N) is 4. The third-order valence-electron chi connectivity index (χ3n) is 4.34. The monoisotopic (exact) mass is 463 g/mol. The van der Waals surface area contributed by atoms with Gasteiger partial charge < -0.3 is 0 Å². The van der Waals surface area contributed by atoms with Crippen LogP contribution in [0.3, 0.4) is 0 Å². The number of hydrogen-bond acceptors (Lipinski definition) is 5. The minimum absolute atomic E-state index is 0.0705.